The minimum Gasteiger partial charge on any atom is -0.427 e. The van der Waals surface area contributed by atoms with Crippen LogP contribution in [0.2, 0.25) is 0 Å². The normalized spacial score (nSPS) is 11.1. The molecule has 0 bridgehead atoms. The van der Waals surface area contributed by atoms with E-state index in [0.29, 0.717) is 0 Å². The van der Waals surface area contributed by atoms with Gasteiger partial charge in [-0.25, -0.2) is 4.39 Å². The molecule has 0 saturated carbocycles. The van der Waals surface area contributed by atoms with Crippen LogP contribution in [0.15, 0.2) is 18.2 Å². The smallest absolute Gasteiger partial charge is 0.427 e. The summed E-state index contributed by atoms with van der Waals surface area (Å²) in [6.07, 6.45) is -5.14. The van der Waals surface area contributed by atoms with Gasteiger partial charge in [0.1, 0.15) is 11.6 Å². The summed E-state index contributed by atoms with van der Waals surface area (Å²) in [6.45, 7) is 0.769. The first-order chi connectivity index (χ1) is 9.20. The third-order valence-corrected chi connectivity index (χ3v) is 2.22. The molecule has 0 fully saturated rings. The van der Waals surface area contributed by atoms with Crippen LogP contribution in [0.25, 0.3) is 0 Å². The summed E-state index contributed by atoms with van der Waals surface area (Å²) in [5, 5.41) is 1.62. The van der Waals surface area contributed by atoms with Gasteiger partial charge in [-0.1, -0.05) is 0 Å². The molecule has 0 saturated heterocycles. The van der Waals surface area contributed by atoms with Crippen molar-refractivity contribution in [1.82, 2.24) is 5.32 Å². The highest BCUT2D eigenvalue weighted by molar-refractivity contribution is 5.81. The molecule has 20 heavy (non-hydrogen) atoms. The first-order valence-corrected chi connectivity index (χ1v) is 5.52. The van der Waals surface area contributed by atoms with E-state index >= 15 is 0 Å². The summed E-state index contributed by atoms with van der Waals surface area (Å²) in [7, 11) is 0. The van der Waals surface area contributed by atoms with Gasteiger partial charge < -0.3 is 10.1 Å². The fourth-order valence-corrected chi connectivity index (χ4v) is 1.38. The number of hydrogen-bond donors (Lipinski definition) is 1. The molecule has 0 radical (unpaired) electrons. The average Bonchev–Trinajstić information content (AvgIpc) is 2.31. The summed E-state index contributed by atoms with van der Waals surface area (Å²) in [6, 6.07) is 3.43. The van der Waals surface area contributed by atoms with E-state index < -0.39 is 30.4 Å². The summed E-state index contributed by atoms with van der Waals surface area (Å²) in [5.41, 5.74) is 0.0335. The summed E-state index contributed by atoms with van der Waals surface area (Å²) in [5.74, 6) is -3.28. The quantitative estimate of drug-likeness (QED) is 0.524. The number of alkyl halides is 3. The minimum atomic E-state index is -4.97. The molecule has 4 nitrogen and oxygen atoms in total. The molecule has 1 aromatic carbocycles. The molecular formula is C12H11F4NO3. The van der Waals surface area contributed by atoms with Crippen molar-refractivity contribution in [2.24, 2.45) is 0 Å². The van der Waals surface area contributed by atoms with Gasteiger partial charge in [0.2, 0.25) is 0 Å². The molecule has 1 aromatic rings. The van der Waals surface area contributed by atoms with E-state index in [-0.39, 0.29) is 17.7 Å². The van der Waals surface area contributed by atoms with E-state index in [1.165, 1.54) is 12.1 Å². The molecule has 8 heteroatoms. The van der Waals surface area contributed by atoms with Crippen LogP contribution in [0.4, 0.5) is 17.6 Å². The van der Waals surface area contributed by atoms with Crippen LogP contribution in [0.5, 0.6) is 5.75 Å². The number of esters is 1. The van der Waals surface area contributed by atoms with Crippen molar-refractivity contribution in [3.05, 3.63) is 29.6 Å². The van der Waals surface area contributed by atoms with Gasteiger partial charge >= 0.3 is 18.1 Å². The Bertz CT molecular complexity index is 514. The van der Waals surface area contributed by atoms with Crippen molar-refractivity contribution >= 4 is 11.9 Å². The van der Waals surface area contributed by atoms with Gasteiger partial charge in [0.15, 0.2) is 0 Å². The second-order valence-electron chi connectivity index (χ2n) is 3.85. The molecule has 0 aliphatic heterocycles. The molecule has 1 rings (SSSR count). The van der Waals surface area contributed by atoms with Crippen LogP contribution in [0.3, 0.4) is 0 Å². The third-order valence-electron chi connectivity index (χ3n) is 2.22. The second-order valence-corrected chi connectivity index (χ2v) is 3.85. The highest BCUT2D eigenvalue weighted by Crippen LogP contribution is 2.18. The Hall–Kier alpha value is -2.12. The maximum absolute atomic E-state index is 13.4. The van der Waals surface area contributed by atoms with Crippen molar-refractivity contribution in [2.75, 3.05) is 6.54 Å². The summed E-state index contributed by atoms with van der Waals surface area (Å²) in [4.78, 5) is 21.3. The SMILES string of the molecule is CC(=O)Oc1ccc([18F])c(CCNC(=O)C(F)(F)F)c1. The molecule has 0 unspecified atom stereocenters. The van der Waals surface area contributed by atoms with Gasteiger partial charge in [0.25, 0.3) is 0 Å². The maximum atomic E-state index is 13.4. The Balaban J connectivity index is 2.63. The Morgan fingerprint density at radius 1 is 1.30 bits per heavy atom. The molecule has 0 aliphatic rings. The number of hydrogen-bond acceptors (Lipinski definition) is 3. The zero-order valence-electron chi connectivity index (χ0n) is 10.4. The maximum Gasteiger partial charge on any atom is 0.471 e. The van der Waals surface area contributed by atoms with Crippen LogP contribution < -0.4 is 10.1 Å². The first kappa shape index (κ1) is 15.9. The minimum absolute atomic E-state index is 0.0335. The lowest BCUT2D eigenvalue weighted by Crippen LogP contribution is -2.37. The highest BCUT2D eigenvalue weighted by Gasteiger charge is 2.38. The molecule has 0 atom stereocenters. The first-order valence-electron chi connectivity index (χ1n) is 5.52. The topological polar surface area (TPSA) is 55.4 Å². The molecular weight excluding hydrogens is 281 g/mol. The number of carbonyl (C=O) groups is 2. The van der Waals surface area contributed by atoms with Crippen molar-refractivity contribution < 1.29 is 31.9 Å². The van der Waals surface area contributed by atoms with E-state index in [1.807, 2.05) is 0 Å². The van der Waals surface area contributed by atoms with E-state index in [4.69, 9.17) is 4.74 Å². The number of carbonyl (C=O) groups excluding carboxylic acids is 2. The van der Waals surface area contributed by atoms with Gasteiger partial charge in [-0.05, 0) is 30.2 Å². The van der Waals surface area contributed by atoms with Crippen molar-refractivity contribution in [1.29, 1.82) is 0 Å². The Morgan fingerprint density at radius 2 is 1.95 bits per heavy atom. The third kappa shape index (κ3) is 4.87. The average molecular weight is 292 g/mol. The standard InChI is InChI=1S/C12H11F4NO3/c1-7(18)20-9-2-3-10(13)8(6-9)4-5-17-11(19)12(14,15)16/h2-3,6H,4-5H2,1H3,(H,17,19)/i13-1. The number of halogens is 4. The number of rotatable bonds is 4. The molecule has 0 aromatic heterocycles. The second kappa shape index (κ2) is 6.36. The van der Waals surface area contributed by atoms with Crippen LogP contribution in [-0.4, -0.2) is 24.6 Å². The van der Waals surface area contributed by atoms with E-state index in [0.717, 1.165) is 13.0 Å². The van der Waals surface area contributed by atoms with E-state index in [9.17, 15) is 27.2 Å². The summed E-state index contributed by atoms with van der Waals surface area (Å²) >= 11 is 0. The fraction of sp³-hybridized carbons (Fsp3) is 0.333. The lowest BCUT2D eigenvalue weighted by Gasteiger charge is -2.09. The van der Waals surface area contributed by atoms with Gasteiger partial charge in [-0.3, -0.25) is 9.59 Å². The largest absolute Gasteiger partial charge is 0.471 e. The fourth-order valence-electron chi connectivity index (χ4n) is 1.38. The van der Waals surface area contributed by atoms with Crippen molar-refractivity contribution in [2.45, 2.75) is 19.5 Å². The number of amides is 1. The summed E-state index contributed by atoms with van der Waals surface area (Å²) < 4.78 is 53.9. The molecule has 0 spiro atoms. The molecule has 0 aliphatic carbocycles. The van der Waals surface area contributed by atoms with Gasteiger partial charge in [0, 0.05) is 13.5 Å². The van der Waals surface area contributed by atoms with Gasteiger partial charge in [-0.2, -0.15) is 13.2 Å². The molecule has 110 valence electrons. The zero-order valence-corrected chi connectivity index (χ0v) is 10.4. The van der Waals surface area contributed by atoms with Gasteiger partial charge in [-0.15, -0.1) is 0 Å². The lowest BCUT2D eigenvalue weighted by atomic mass is 10.1. The monoisotopic (exact) mass is 292 g/mol. The number of nitrogens with one attached hydrogen (secondary N) is 1. The van der Waals surface area contributed by atoms with Crippen molar-refractivity contribution in [3.8, 4) is 5.75 Å². The lowest BCUT2D eigenvalue weighted by molar-refractivity contribution is -0.173. The van der Waals surface area contributed by atoms with E-state index in [1.54, 1.807) is 5.32 Å². The Morgan fingerprint density at radius 3 is 2.50 bits per heavy atom. The molecule has 1 N–H and O–H groups in total. The van der Waals surface area contributed by atoms with Crippen molar-refractivity contribution in [3.63, 3.8) is 0 Å². The Labute approximate surface area is 111 Å². The van der Waals surface area contributed by atoms with E-state index in [2.05, 4.69) is 0 Å². The van der Waals surface area contributed by atoms with Gasteiger partial charge in [0.05, 0.1) is 0 Å². The van der Waals surface area contributed by atoms with Crippen LogP contribution in [0.1, 0.15) is 12.5 Å². The predicted molar refractivity (Wildman–Crippen MR) is 60.5 cm³/mol. The van der Waals surface area contributed by atoms with Crippen LogP contribution in [0, 0.1) is 5.82 Å². The van der Waals surface area contributed by atoms with Crippen LogP contribution in [-0.2, 0) is 16.0 Å². The zero-order chi connectivity index (χ0) is 15.3. The predicted octanol–water partition coefficient (Wildman–Crippen LogP) is 1.97. The molecule has 1 amide bonds. The molecule has 0 heterocycles. The highest BCUT2D eigenvalue weighted by atomic mass is 19.4. The van der Waals surface area contributed by atoms with Crippen LogP contribution >= 0.6 is 0 Å². The number of ether oxygens (including phenoxy) is 1. The number of benzene rings is 1. The Kier molecular flexibility index (Phi) is 5.06.